The summed E-state index contributed by atoms with van der Waals surface area (Å²) in [5.41, 5.74) is 8.18. The van der Waals surface area contributed by atoms with Crippen LogP contribution >= 0.6 is 12.4 Å². The molecule has 3 N–H and O–H groups in total. The van der Waals surface area contributed by atoms with Gasteiger partial charge in [-0.05, 0) is 17.4 Å². The summed E-state index contributed by atoms with van der Waals surface area (Å²) in [4.78, 5) is 12.5. The molecule has 1 aliphatic heterocycles. The summed E-state index contributed by atoms with van der Waals surface area (Å²) >= 11 is 0. The zero-order chi connectivity index (χ0) is 17.1. The highest BCUT2D eigenvalue weighted by Gasteiger charge is 2.21. The summed E-state index contributed by atoms with van der Waals surface area (Å²) in [6.45, 7) is 4.43. The van der Waals surface area contributed by atoms with Crippen molar-refractivity contribution in [2.24, 2.45) is 5.92 Å². The number of ether oxygens (including phenoxy) is 2. The van der Waals surface area contributed by atoms with E-state index >= 15 is 0 Å². The fraction of sp³-hybridized carbons (Fsp3) is 0.316. The maximum absolute atomic E-state index is 12.5. The molecule has 2 aromatic rings. The van der Waals surface area contributed by atoms with Crippen LogP contribution in [0.2, 0.25) is 0 Å². The average Bonchev–Trinajstić information content (AvgIpc) is 3.00. The molecule has 2 aromatic carbocycles. The Labute approximate surface area is 153 Å². The topological polar surface area (TPSA) is 73.6 Å². The van der Waals surface area contributed by atoms with Crippen molar-refractivity contribution in [1.29, 1.82) is 0 Å². The second-order valence-corrected chi connectivity index (χ2v) is 6.31. The van der Waals surface area contributed by atoms with Crippen molar-refractivity contribution in [2.45, 2.75) is 26.2 Å². The van der Waals surface area contributed by atoms with Gasteiger partial charge in [0, 0.05) is 18.6 Å². The molecule has 0 bridgehead atoms. The summed E-state index contributed by atoms with van der Waals surface area (Å²) in [6, 6.07) is 13.5. The number of benzene rings is 2. The quantitative estimate of drug-likeness (QED) is 0.782. The van der Waals surface area contributed by atoms with E-state index in [0.717, 1.165) is 0 Å². The molecular formula is C19H23ClN2O3. The van der Waals surface area contributed by atoms with Gasteiger partial charge in [-0.25, -0.2) is 0 Å². The van der Waals surface area contributed by atoms with Gasteiger partial charge in [0.15, 0.2) is 11.5 Å². The van der Waals surface area contributed by atoms with Crippen LogP contribution in [-0.4, -0.2) is 12.7 Å². The molecular weight excluding hydrogens is 340 g/mol. The lowest BCUT2D eigenvalue weighted by Gasteiger charge is -2.21. The minimum atomic E-state index is -0.0666. The van der Waals surface area contributed by atoms with Crippen LogP contribution in [0.25, 0.3) is 0 Å². The van der Waals surface area contributed by atoms with E-state index in [1.807, 2.05) is 18.2 Å². The molecule has 1 heterocycles. The molecule has 134 valence electrons. The molecule has 0 aromatic heterocycles. The fourth-order valence-electron chi connectivity index (χ4n) is 2.91. The number of fused-ring (bicyclic) bond motifs is 1. The molecule has 1 unspecified atom stereocenters. The summed E-state index contributed by atoms with van der Waals surface area (Å²) < 4.78 is 10.6. The van der Waals surface area contributed by atoms with Crippen LogP contribution in [0.15, 0.2) is 42.5 Å². The van der Waals surface area contributed by atoms with Crippen LogP contribution in [0.1, 0.15) is 31.7 Å². The van der Waals surface area contributed by atoms with Gasteiger partial charge in [0.2, 0.25) is 12.7 Å². The number of halogens is 1. The van der Waals surface area contributed by atoms with Crippen LogP contribution in [-0.2, 0) is 4.79 Å². The molecule has 1 amide bonds. The Hall–Kier alpha value is -2.40. The molecule has 0 spiro atoms. The van der Waals surface area contributed by atoms with E-state index in [0.29, 0.717) is 35.2 Å². The first kappa shape index (κ1) is 18.9. The second-order valence-electron chi connectivity index (χ2n) is 6.31. The highest BCUT2D eigenvalue weighted by Crippen LogP contribution is 2.38. The Morgan fingerprint density at radius 3 is 2.44 bits per heavy atom. The van der Waals surface area contributed by atoms with Crippen molar-refractivity contribution >= 4 is 29.7 Å². The van der Waals surface area contributed by atoms with Gasteiger partial charge in [0.25, 0.3) is 0 Å². The number of rotatable bonds is 5. The maximum atomic E-state index is 12.5. The molecule has 0 aliphatic carbocycles. The lowest BCUT2D eigenvalue weighted by atomic mass is 9.85. The largest absolute Gasteiger partial charge is 0.454 e. The van der Waals surface area contributed by atoms with Crippen molar-refractivity contribution in [3.05, 3.63) is 48.0 Å². The number of hydrogen-bond donors (Lipinski definition) is 2. The second kappa shape index (κ2) is 8.12. The normalized spacial score (nSPS) is 13.2. The lowest BCUT2D eigenvalue weighted by Crippen LogP contribution is -2.19. The van der Waals surface area contributed by atoms with E-state index in [1.165, 1.54) is 5.56 Å². The van der Waals surface area contributed by atoms with E-state index in [-0.39, 0.29) is 31.0 Å². The smallest absolute Gasteiger partial charge is 0.231 e. The zero-order valence-electron chi connectivity index (χ0n) is 14.3. The van der Waals surface area contributed by atoms with Crippen molar-refractivity contribution in [1.82, 2.24) is 0 Å². The Balaban J connectivity index is 0.00000225. The molecule has 0 saturated heterocycles. The first-order chi connectivity index (χ1) is 11.5. The van der Waals surface area contributed by atoms with Gasteiger partial charge >= 0.3 is 0 Å². The number of nitrogen functional groups attached to an aromatic ring is 1. The molecule has 25 heavy (non-hydrogen) atoms. The van der Waals surface area contributed by atoms with E-state index in [9.17, 15) is 4.79 Å². The summed E-state index contributed by atoms with van der Waals surface area (Å²) in [6.07, 6.45) is 0.398. The van der Waals surface area contributed by atoms with Crippen molar-refractivity contribution in [2.75, 3.05) is 17.8 Å². The Morgan fingerprint density at radius 2 is 1.80 bits per heavy atom. The third-order valence-electron chi connectivity index (χ3n) is 4.26. The predicted octanol–water partition coefficient (Wildman–Crippen LogP) is 4.19. The molecule has 0 saturated carbocycles. The molecule has 1 atom stereocenters. The first-order valence-corrected chi connectivity index (χ1v) is 8.08. The predicted molar refractivity (Wildman–Crippen MR) is 101 cm³/mol. The molecule has 0 radical (unpaired) electrons. The standard InChI is InChI=1S/C19H22N2O3.ClH/c1-12(2)14(13-6-4-3-5-7-13)8-19(22)21-16-10-18-17(9-15(16)20)23-11-24-18;/h3-7,9-10,12,14H,8,11,20H2,1-2H3,(H,21,22);1H. The van der Waals surface area contributed by atoms with Gasteiger partial charge < -0.3 is 20.5 Å². The molecule has 6 heteroatoms. The van der Waals surface area contributed by atoms with Crippen LogP contribution in [0.4, 0.5) is 11.4 Å². The van der Waals surface area contributed by atoms with Crippen molar-refractivity contribution in [3.8, 4) is 11.5 Å². The monoisotopic (exact) mass is 362 g/mol. The van der Waals surface area contributed by atoms with Gasteiger partial charge in [-0.1, -0.05) is 44.2 Å². The van der Waals surface area contributed by atoms with Crippen LogP contribution in [0, 0.1) is 5.92 Å². The molecule has 1 aliphatic rings. The number of nitrogens with two attached hydrogens (primary N) is 1. The third-order valence-corrected chi connectivity index (χ3v) is 4.26. The van der Waals surface area contributed by atoms with Crippen LogP contribution < -0.4 is 20.5 Å². The van der Waals surface area contributed by atoms with E-state index in [2.05, 4.69) is 31.3 Å². The van der Waals surface area contributed by atoms with E-state index in [1.54, 1.807) is 12.1 Å². The molecule has 0 fully saturated rings. The zero-order valence-corrected chi connectivity index (χ0v) is 15.1. The number of amides is 1. The van der Waals surface area contributed by atoms with Gasteiger partial charge in [0.1, 0.15) is 0 Å². The highest BCUT2D eigenvalue weighted by atomic mass is 35.5. The number of anilines is 2. The number of carbonyl (C=O) groups excluding carboxylic acids is 1. The highest BCUT2D eigenvalue weighted by molar-refractivity contribution is 5.95. The third kappa shape index (κ3) is 4.37. The fourth-order valence-corrected chi connectivity index (χ4v) is 2.91. The average molecular weight is 363 g/mol. The Kier molecular flexibility index (Phi) is 6.15. The molecule has 3 rings (SSSR count). The first-order valence-electron chi connectivity index (χ1n) is 8.08. The Morgan fingerprint density at radius 1 is 1.16 bits per heavy atom. The van der Waals surface area contributed by atoms with Gasteiger partial charge in [-0.3, -0.25) is 4.79 Å². The van der Waals surface area contributed by atoms with Crippen molar-refractivity contribution < 1.29 is 14.3 Å². The van der Waals surface area contributed by atoms with E-state index in [4.69, 9.17) is 15.2 Å². The minimum absolute atomic E-state index is 0. The summed E-state index contributed by atoms with van der Waals surface area (Å²) in [5.74, 6) is 1.65. The van der Waals surface area contributed by atoms with Gasteiger partial charge in [0.05, 0.1) is 11.4 Å². The maximum Gasteiger partial charge on any atom is 0.231 e. The lowest BCUT2D eigenvalue weighted by molar-refractivity contribution is -0.116. The van der Waals surface area contributed by atoms with Gasteiger partial charge in [-0.15, -0.1) is 12.4 Å². The SMILES string of the molecule is CC(C)C(CC(=O)Nc1cc2c(cc1N)OCO2)c1ccccc1.Cl. The summed E-state index contributed by atoms with van der Waals surface area (Å²) in [5, 5.41) is 2.90. The van der Waals surface area contributed by atoms with Crippen LogP contribution in [0.5, 0.6) is 11.5 Å². The number of nitrogens with one attached hydrogen (secondary N) is 1. The molecule has 5 nitrogen and oxygen atoms in total. The minimum Gasteiger partial charge on any atom is -0.454 e. The van der Waals surface area contributed by atoms with Crippen LogP contribution in [0.3, 0.4) is 0 Å². The summed E-state index contributed by atoms with van der Waals surface area (Å²) in [7, 11) is 0. The van der Waals surface area contributed by atoms with Crippen molar-refractivity contribution in [3.63, 3.8) is 0 Å². The van der Waals surface area contributed by atoms with Gasteiger partial charge in [-0.2, -0.15) is 0 Å². The van der Waals surface area contributed by atoms with E-state index < -0.39 is 0 Å². The number of carbonyl (C=O) groups is 1. The Bertz CT molecular complexity index is 735. The number of hydrogen-bond acceptors (Lipinski definition) is 4.